The molecule has 3 fully saturated rings. The lowest BCUT2D eigenvalue weighted by molar-refractivity contribution is -0.302. The standard InChI is InChI=1S/C53H88N8O12S/c1-15-41-53(10,67)44(63)34(6)60(12)28-30(2)26-51(8,66)46(32(4)42(33(5)48(65)72-41)40-27-52(9,69-14)45(64)35(7)71-40)73-49-43(62)39(25-31(3)70-49)59(11)24-21-37-29-61(58-55-37)23-16-22-54-50-57-56-47(74-50)36-17-19-38(68-13)20-18-36/h17-20,29-35,39-46,49,62-64,66-67H,15-16,21-28H2,1-14H3,(H,54,57)/t30-,31-,32+,33-,34-,35+,39+,40?,41-,42+,43-,44-,45+,46-,49+,51-,52-,53-/m1/s1. The highest BCUT2D eigenvalue weighted by Gasteiger charge is 2.55. The molecule has 6 rings (SSSR count). The molecule has 3 aliphatic rings. The summed E-state index contributed by atoms with van der Waals surface area (Å²) in [5.41, 5.74) is -2.66. The first-order valence-electron chi connectivity index (χ1n) is 26.6. The van der Waals surface area contributed by atoms with Crippen LogP contribution in [0.3, 0.4) is 0 Å². The Morgan fingerprint density at radius 3 is 2.32 bits per heavy atom. The van der Waals surface area contributed by atoms with E-state index in [9.17, 15) is 30.3 Å². The fraction of sp³-hybridized carbons (Fsp3) is 0.792. The maximum absolute atomic E-state index is 14.6. The van der Waals surface area contributed by atoms with E-state index in [1.54, 1.807) is 34.8 Å². The number of carbonyl (C=O) groups excluding carboxylic acids is 1. The molecule has 0 bridgehead atoms. The third-order valence-electron chi connectivity index (χ3n) is 16.4. The lowest BCUT2D eigenvalue weighted by atomic mass is 9.68. The van der Waals surface area contributed by atoms with Crippen molar-refractivity contribution in [3.05, 3.63) is 36.2 Å². The number of carbonyl (C=O) groups is 1. The maximum atomic E-state index is 14.6. The van der Waals surface area contributed by atoms with E-state index >= 15 is 0 Å². The van der Waals surface area contributed by atoms with Crippen molar-refractivity contribution in [2.75, 3.05) is 53.3 Å². The van der Waals surface area contributed by atoms with Crippen molar-refractivity contribution in [2.24, 2.45) is 23.7 Å². The van der Waals surface area contributed by atoms with E-state index in [1.807, 2.05) is 88.8 Å². The van der Waals surface area contributed by atoms with E-state index in [0.717, 1.165) is 33.6 Å². The molecule has 0 radical (unpaired) electrons. The van der Waals surface area contributed by atoms with Crippen LogP contribution in [0.1, 0.15) is 107 Å². The van der Waals surface area contributed by atoms with Gasteiger partial charge in [0.05, 0.1) is 54.3 Å². The van der Waals surface area contributed by atoms with Gasteiger partial charge in [0.15, 0.2) is 6.29 Å². The second-order valence-corrected chi connectivity index (χ2v) is 23.4. The number of rotatable bonds is 16. The van der Waals surface area contributed by atoms with Gasteiger partial charge < -0.3 is 69.1 Å². The summed E-state index contributed by atoms with van der Waals surface area (Å²) in [5.74, 6) is -2.34. The van der Waals surface area contributed by atoms with Gasteiger partial charge in [0.1, 0.15) is 40.8 Å². The van der Waals surface area contributed by atoms with Crippen molar-refractivity contribution >= 4 is 22.4 Å². The highest BCUT2D eigenvalue weighted by atomic mass is 32.1. The minimum atomic E-state index is -1.81. The zero-order valence-electron chi connectivity index (χ0n) is 46.3. The number of nitrogens with zero attached hydrogens (tertiary/aromatic N) is 7. The van der Waals surface area contributed by atoms with Crippen molar-refractivity contribution in [3.63, 3.8) is 0 Å². The van der Waals surface area contributed by atoms with Crippen LogP contribution in [0.5, 0.6) is 5.75 Å². The zero-order chi connectivity index (χ0) is 54.4. The minimum Gasteiger partial charge on any atom is -0.497 e. The maximum Gasteiger partial charge on any atom is 0.309 e. The van der Waals surface area contributed by atoms with Crippen molar-refractivity contribution in [1.29, 1.82) is 0 Å². The number of cyclic esters (lactones) is 1. The molecule has 0 aliphatic carbocycles. The Morgan fingerprint density at radius 2 is 1.66 bits per heavy atom. The summed E-state index contributed by atoms with van der Waals surface area (Å²) in [4.78, 5) is 18.7. The summed E-state index contributed by atoms with van der Waals surface area (Å²) in [6, 6.07) is 6.77. The van der Waals surface area contributed by atoms with Crippen LogP contribution in [0, 0.1) is 23.7 Å². The lowest BCUT2D eigenvalue weighted by Gasteiger charge is -2.51. The van der Waals surface area contributed by atoms with Crippen LogP contribution in [-0.4, -0.2) is 198 Å². The van der Waals surface area contributed by atoms with Gasteiger partial charge in [-0.15, -0.1) is 15.3 Å². The fourth-order valence-electron chi connectivity index (χ4n) is 11.8. The molecule has 6 N–H and O–H groups in total. The summed E-state index contributed by atoms with van der Waals surface area (Å²) in [7, 11) is 6.99. The van der Waals surface area contributed by atoms with Gasteiger partial charge in [-0.1, -0.05) is 44.2 Å². The summed E-state index contributed by atoms with van der Waals surface area (Å²) in [5, 5.41) is 82.5. The zero-order valence-corrected chi connectivity index (χ0v) is 47.1. The number of ether oxygens (including phenoxy) is 6. The number of aryl methyl sites for hydroxylation is 1. The Labute approximate surface area is 442 Å². The number of nitrogens with one attached hydrogen (secondary N) is 1. The first-order valence-corrected chi connectivity index (χ1v) is 27.4. The summed E-state index contributed by atoms with van der Waals surface area (Å²) in [6.45, 7) is 20.3. The number of aliphatic hydroxyl groups is 5. The Bertz CT molecular complexity index is 2220. The number of benzene rings is 1. The smallest absolute Gasteiger partial charge is 0.309 e. The molecule has 18 atom stereocenters. The van der Waals surface area contributed by atoms with E-state index in [1.165, 1.54) is 25.4 Å². The predicted octanol–water partition coefficient (Wildman–Crippen LogP) is 4.41. The van der Waals surface area contributed by atoms with Crippen molar-refractivity contribution in [3.8, 4) is 16.3 Å². The number of hydrogen-bond donors (Lipinski definition) is 6. The molecule has 3 aromatic rings. The molecule has 3 aliphatic heterocycles. The number of esters is 1. The SMILES string of the molecule is CC[C@H]1OC(=O)[C@H](C)[C@@H](C2C[C@@](C)(OC)[C@@H](O)[C@H](C)O2)[C@H](C)[C@@H](O[C@@H]2O[C@H](C)C[C@H](N(C)CCc3cn(CCCNc4nnc(-c5ccc(OC)cc5)s4)nn3)[C@H]2O)[C@](C)(O)C[C@@H](C)CN(C)[C@H](C)[C@@H](O)[C@]1(C)O. The summed E-state index contributed by atoms with van der Waals surface area (Å²) >= 11 is 1.49. The third-order valence-corrected chi connectivity index (χ3v) is 17.3. The highest BCUT2D eigenvalue weighted by Crippen LogP contribution is 2.45. The Balaban J connectivity index is 1.18. The molecule has 418 valence electrons. The Kier molecular flexibility index (Phi) is 20.5. The van der Waals surface area contributed by atoms with Crippen LogP contribution in [-0.2, 0) is 41.4 Å². The molecule has 21 heteroatoms. The van der Waals surface area contributed by atoms with Gasteiger partial charge in [-0.05, 0) is 117 Å². The number of hydrogen-bond acceptors (Lipinski definition) is 20. The number of methoxy groups -OCH3 is 2. The van der Waals surface area contributed by atoms with Crippen LogP contribution < -0.4 is 10.1 Å². The molecule has 2 aromatic heterocycles. The van der Waals surface area contributed by atoms with Gasteiger partial charge in [0.2, 0.25) is 5.13 Å². The Morgan fingerprint density at radius 1 is 0.959 bits per heavy atom. The minimum absolute atomic E-state index is 0.169. The van der Waals surface area contributed by atoms with E-state index in [-0.39, 0.29) is 31.3 Å². The predicted molar refractivity (Wildman–Crippen MR) is 280 cm³/mol. The molecule has 1 unspecified atom stereocenters. The van der Waals surface area contributed by atoms with Gasteiger partial charge in [0, 0.05) is 75.9 Å². The molecule has 3 saturated heterocycles. The van der Waals surface area contributed by atoms with E-state index in [0.29, 0.717) is 39.0 Å². The molecule has 0 amide bonds. The molecule has 5 heterocycles. The topological polar surface area (TPSA) is 249 Å². The summed E-state index contributed by atoms with van der Waals surface area (Å²) in [6.07, 6.45) is -3.99. The molecule has 74 heavy (non-hydrogen) atoms. The van der Waals surface area contributed by atoms with Gasteiger partial charge in [-0.25, -0.2) is 0 Å². The van der Waals surface area contributed by atoms with Gasteiger partial charge >= 0.3 is 5.97 Å². The molecule has 1 aromatic carbocycles. The van der Waals surface area contributed by atoms with Crippen molar-refractivity contribution < 1.29 is 58.7 Å². The third kappa shape index (κ3) is 14.0. The average Bonchev–Trinajstić information content (AvgIpc) is 4.04. The molecular weight excluding hydrogens is 973 g/mol. The number of likely N-dealkylation sites (N-methyl/N-ethyl adjacent to an activating group) is 2. The summed E-state index contributed by atoms with van der Waals surface area (Å²) < 4.78 is 39.3. The second-order valence-electron chi connectivity index (χ2n) is 22.4. The quantitative estimate of drug-likeness (QED) is 0.0859. The molecule has 20 nitrogen and oxygen atoms in total. The normalized spacial score (nSPS) is 38.3. The van der Waals surface area contributed by atoms with Crippen molar-refractivity contribution in [2.45, 2.75) is 198 Å². The fourth-order valence-corrected chi connectivity index (χ4v) is 12.6. The van der Waals surface area contributed by atoms with Crippen LogP contribution in [0.15, 0.2) is 30.5 Å². The first kappa shape index (κ1) is 59.8. The average molecular weight is 1060 g/mol. The Hall–Kier alpha value is -3.45. The highest BCUT2D eigenvalue weighted by molar-refractivity contribution is 7.18. The number of aromatic nitrogens is 5. The number of aliphatic hydroxyl groups excluding tert-OH is 3. The monoisotopic (exact) mass is 1060 g/mol. The van der Waals surface area contributed by atoms with Gasteiger partial charge in [-0.3, -0.25) is 9.48 Å². The second kappa shape index (κ2) is 25.3. The first-order chi connectivity index (χ1) is 34.8. The molecule has 0 saturated carbocycles. The van der Waals surface area contributed by atoms with Crippen molar-refractivity contribution in [1.82, 2.24) is 35.0 Å². The van der Waals surface area contributed by atoms with E-state index in [4.69, 9.17) is 28.4 Å². The van der Waals surface area contributed by atoms with E-state index in [2.05, 4.69) is 30.7 Å². The van der Waals surface area contributed by atoms with Crippen LogP contribution in [0.2, 0.25) is 0 Å². The van der Waals surface area contributed by atoms with Gasteiger partial charge in [-0.2, -0.15) is 0 Å². The lowest BCUT2D eigenvalue weighted by Crippen LogP contribution is -2.62. The molecular formula is C53H88N8O12S. The van der Waals surface area contributed by atoms with E-state index < -0.39 is 102 Å². The largest absolute Gasteiger partial charge is 0.497 e. The number of anilines is 1. The molecule has 0 spiro atoms. The van der Waals surface area contributed by atoms with Crippen LogP contribution >= 0.6 is 11.3 Å². The van der Waals surface area contributed by atoms with Gasteiger partial charge in [0.25, 0.3) is 0 Å². The van der Waals surface area contributed by atoms with Crippen LogP contribution in [0.4, 0.5) is 5.13 Å². The van der Waals surface area contributed by atoms with Crippen LogP contribution in [0.25, 0.3) is 10.6 Å².